The van der Waals surface area contributed by atoms with E-state index in [1.807, 2.05) is 24.3 Å². The molecule has 2 aromatic rings. The number of benzene rings is 1. The van der Waals surface area contributed by atoms with Crippen molar-refractivity contribution in [2.24, 2.45) is 0 Å². The van der Waals surface area contributed by atoms with Crippen molar-refractivity contribution in [3.05, 3.63) is 42.2 Å². The number of hydrogen-bond acceptors (Lipinski definition) is 5. The summed E-state index contributed by atoms with van der Waals surface area (Å²) in [5.74, 6) is 0.367. The summed E-state index contributed by atoms with van der Waals surface area (Å²) in [5, 5.41) is 4.24. The zero-order valence-corrected chi connectivity index (χ0v) is 12.9. The molecule has 1 atom stereocenters. The first-order valence-corrected chi connectivity index (χ1v) is 7.54. The molecule has 0 bridgehead atoms. The topological polar surface area (TPSA) is 74.6 Å². The molecule has 7 heteroatoms. The van der Waals surface area contributed by atoms with E-state index in [-0.39, 0.29) is 12.0 Å². The number of methoxy groups -OCH3 is 1. The van der Waals surface area contributed by atoms with Gasteiger partial charge in [-0.2, -0.15) is 5.10 Å². The number of aromatic nitrogens is 2. The number of hydrogen-bond donors (Lipinski definition) is 1. The molecule has 1 amide bonds. The second-order valence-electron chi connectivity index (χ2n) is 5.19. The second kappa shape index (κ2) is 7.26. The molecule has 7 nitrogen and oxygen atoms in total. The van der Waals surface area contributed by atoms with E-state index >= 15 is 0 Å². The van der Waals surface area contributed by atoms with Crippen LogP contribution >= 0.6 is 0 Å². The van der Waals surface area contributed by atoms with Gasteiger partial charge in [-0.3, -0.25) is 4.79 Å². The monoisotopic (exact) mass is 317 g/mol. The average Bonchev–Trinajstić information content (AvgIpc) is 3.11. The van der Waals surface area contributed by atoms with Gasteiger partial charge in [0, 0.05) is 19.2 Å². The highest BCUT2D eigenvalue weighted by Gasteiger charge is 2.17. The van der Waals surface area contributed by atoms with Crippen molar-refractivity contribution in [1.82, 2.24) is 15.3 Å². The third kappa shape index (κ3) is 3.88. The number of amides is 1. The summed E-state index contributed by atoms with van der Waals surface area (Å²) in [5.41, 5.74) is 3.50. The molecule has 1 aromatic carbocycles. The van der Waals surface area contributed by atoms with Crippen LogP contribution in [0.5, 0.6) is 5.75 Å². The van der Waals surface area contributed by atoms with E-state index in [2.05, 4.69) is 10.6 Å². The molecule has 1 fully saturated rings. The van der Waals surface area contributed by atoms with E-state index in [1.54, 1.807) is 24.1 Å². The Kier molecular flexibility index (Phi) is 4.89. The first-order chi connectivity index (χ1) is 11.3. The quantitative estimate of drug-likeness (QED) is 0.855. The van der Waals surface area contributed by atoms with Gasteiger partial charge >= 0.3 is 0 Å². The third-order valence-corrected chi connectivity index (χ3v) is 3.58. The summed E-state index contributed by atoms with van der Waals surface area (Å²) in [6, 6.07) is 9.02. The number of rotatable bonds is 5. The Morgan fingerprint density at radius 2 is 2.13 bits per heavy atom. The van der Waals surface area contributed by atoms with Crippen LogP contribution in [-0.4, -0.2) is 35.7 Å². The molecule has 1 saturated heterocycles. The number of nitrogens with one attached hydrogen (secondary N) is 1. The Labute approximate surface area is 134 Å². The molecule has 0 spiro atoms. The Balaban J connectivity index is 1.60. The van der Waals surface area contributed by atoms with Gasteiger partial charge in [0.15, 0.2) is 12.0 Å². The normalized spacial score (nSPS) is 17.7. The Morgan fingerprint density at radius 1 is 1.30 bits per heavy atom. The van der Waals surface area contributed by atoms with Gasteiger partial charge in [0.25, 0.3) is 5.91 Å². The fourth-order valence-electron chi connectivity index (χ4n) is 2.30. The van der Waals surface area contributed by atoms with Gasteiger partial charge in [-0.25, -0.2) is 15.0 Å². The summed E-state index contributed by atoms with van der Waals surface area (Å²) in [6.07, 6.45) is 4.18. The highest BCUT2D eigenvalue weighted by molar-refractivity contribution is 5.91. The number of hydroxylamine groups is 1. The van der Waals surface area contributed by atoms with Gasteiger partial charge in [-0.15, -0.1) is 0 Å². The Hall–Kier alpha value is -2.38. The highest BCUT2D eigenvalue weighted by atomic mass is 16.8. The van der Waals surface area contributed by atoms with E-state index in [0.717, 1.165) is 30.7 Å². The van der Waals surface area contributed by atoms with E-state index in [1.165, 1.54) is 0 Å². The number of nitrogens with zero attached hydrogens (tertiary/aromatic N) is 2. The minimum atomic E-state index is -0.397. The van der Waals surface area contributed by atoms with Crippen molar-refractivity contribution in [2.75, 3.05) is 13.7 Å². The molecule has 3 rings (SSSR count). The maximum Gasteiger partial charge on any atom is 0.295 e. The SMILES string of the molecule is COc1ccc(-n2ccc(C(=O)NO[C@H]3CCCCO3)n2)cc1. The van der Waals surface area contributed by atoms with E-state index in [4.69, 9.17) is 14.3 Å². The first kappa shape index (κ1) is 15.5. The van der Waals surface area contributed by atoms with Crippen molar-refractivity contribution < 1.29 is 19.1 Å². The maximum atomic E-state index is 12.0. The van der Waals surface area contributed by atoms with Gasteiger partial charge in [-0.05, 0) is 43.2 Å². The minimum Gasteiger partial charge on any atom is -0.497 e. The molecular formula is C16H19N3O4. The third-order valence-electron chi connectivity index (χ3n) is 3.58. The molecule has 1 N–H and O–H groups in total. The number of carbonyl (C=O) groups is 1. The van der Waals surface area contributed by atoms with Crippen LogP contribution in [0.3, 0.4) is 0 Å². The van der Waals surface area contributed by atoms with E-state index < -0.39 is 5.91 Å². The highest BCUT2D eigenvalue weighted by Crippen LogP contribution is 2.15. The first-order valence-electron chi connectivity index (χ1n) is 7.54. The largest absolute Gasteiger partial charge is 0.497 e. The van der Waals surface area contributed by atoms with E-state index in [9.17, 15) is 4.79 Å². The molecule has 2 heterocycles. The summed E-state index contributed by atoms with van der Waals surface area (Å²) in [7, 11) is 1.61. The fourth-order valence-corrected chi connectivity index (χ4v) is 2.30. The van der Waals surface area contributed by atoms with Gasteiger partial charge in [-0.1, -0.05) is 0 Å². The predicted octanol–water partition coefficient (Wildman–Crippen LogP) is 2.07. The Morgan fingerprint density at radius 3 is 2.83 bits per heavy atom. The lowest BCUT2D eigenvalue weighted by atomic mass is 10.2. The van der Waals surface area contributed by atoms with Crippen LogP contribution < -0.4 is 10.2 Å². The van der Waals surface area contributed by atoms with Crippen molar-refractivity contribution in [1.29, 1.82) is 0 Å². The molecule has 0 unspecified atom stereocenters. The van der Waals surface area contributed by atoms with Crippen molar-refractivity contribution >= 4 is 5.91 Å². The van der Waals surface area contributed by atoms with Crippen LogP contribution in [0.15, 0.2) is 36.5 Å². The van der Waals surface area contributed by atoms with Gasteiger partial charge in [0.2, 0.25) is 0 Å². The summed E-state index contributed by atoms with van der Waals surface area (Å²) in [6.45, 7) is 0.659. The lowest BCUT2D eigenvalue weighted by molar-refractivity contribution is -0.186. The van der Waals surface area contributed by atoms with Crippen LogP contribution in [0.2, 0.25) is 0 Å². The summed E-state index contributed by atoms with van der Waals surface area (Å²) in [4.78, 5) is 17.3. The zero-order valence-electron chi connectivity index (χ0n) is 12.9. The molecule has 0 saturated carbocycles. The van der Waals surface area contributed by atoms with E-state index in [0.29, 0.717) is 6.61 Å². The van der Waals surface area contributed by atoms with Crippen LogP contribution in [0.1, 0.15) is 29.8 Å². The average molecular weight is 317 g/mol. The zero-order chi connectivity index (χ0) is 16.1. The van der Waals surface area contributed by atoms with Crippen LogP contribution in [0, 0.1) is 0 Å². The summed E-state index contributed by atoms with van der Waals surface area (Å²) < 4.78 is 12.1. The molecule has 1 aliphatic heterocycles. The lowest BCUT2D eigenvalue weighted by Crippen LogP contribution is -2.33. The van der Waals surface area contributed by atoms with Crippen molar-refractivity contribution in [3.63, 3.8) is 0 Å². The predicted molar refractivity (Wildman–Crippen MR) is 82.3 cm³/mol. The van der Waals surface area contributed by atoms with Crippen LogP contribution in [0.4, 0.5) is 0 Å². The van der Waals surface area contributed by atoms with Crippen LogP contribution in [0.25, 0.3) is 5.69 Å². The molecule has 23 heavy (non-hydrogen) atoms. The minimum absolute atomic E-state index is 0.275. The molecule has 1 aromatic heterocycles. The summed E-state index contributed by atoms with van der Waals surface area (Å²) >= 11 is 0. The van der Waals surface area contributed by atoms with Gasteiger partial charge in [0.1, 0.15) is 5.75 Å². The van der Waals surface area contributed by atoms with Crippen molar-refractivity contribution in [3.8, 4) is 11.4 Å². The number of carbonyl (C=O) groups excluding carboxylic acids is 1. The molecule has 1 aliphatic rings. The molecular weight excluding hydrogens is 298 g/mol. The van der Waals surface area contributed by atoms with Crippen LogP contribution in [-0.2, 0) is 9.57 Å². The standard InChI is InChI=1S/C16H19N3O4/c1-21-13-7-5-12(6-8-13)19-10-9-14(17-19)16(20)18-23-15-4-2-3-11-22-15/h5-10,15H,2-4,11H2,1H3,(H,18,20)/t15-/m0/s1. The Bertz CT molecular complexity index is 648. The smallest absolute Gasteiger partial charge is 0.295 e. The molecule has 122 valence electrons. The van der Waals surface area contributed by atoms with Gasteiger partial charge < -0.3 is 9.47 Å². The second-order valence-corrected chi connectivity index (χ2v) is 5.19. The molecule has 0 radical (unpaired) electrons. The van der Waals surface area contributed by atoms with Crippen molar-refractivity contribution in [2.45, 2.75) is 25.6 Å². The fraction of sp³-hybridized carbons (Fsp3) is 0.375. The maximum absolute atomic E-state index is 12.0. The van der Waals surface area contributed by atoms with Gasteiger partial charge in [0.05, 0.1) is 12.8 Å². The number of ether oxygens (including phenoxy) is 2. The molecule has 0 aliphatic carbocycles. The lowest BCUT2D eigenvalue weighted by Gasteiger charge is -2.21.